The Morgan fingerprint density at radius 2 is 1.56 bits per heavy atom. The van der Waals surface area contributed by atoms with Gasteiger partial charge in [-0.05, 0) is 31.2 Å². The zero-order valence-electron chi connectivity index (χ0n) is 14.7. The lowest BCUT2D eigenvalue weighted by Crippen LogP contribution is -2.14. The summed E-state index contributed by atoms with van der Waals surface area (Å²) in [5.41, 5.74) is 2.38. The van der Waals surface area contributed by atoms with Gasteiger partial charge in [0.25, 0.3) is 5.91 Å². The molecule has 0 aliphatic heterocycles. The molecular weight excluding hydrogens is 344 g/mol. The van der Waals surface area contributed by atoms with Crippen LogP contribution in [0, 0.1) is 0 Å². The van der Waals surface area contributed by atoms with Crippen molar-refractivity contribution in [2.45, 2.75) is 6.92 Å². The highest BCUT2D eigenvalue weighted by Gasteiger charge is 2.08. The second-order valence-electron chi connectivity index (χ2n) is 5.54. The lowest BCUT2D eigenvalue weighted by Gasteiger charge is -2.08. The molecular formula is C20H18N4O3. The normalized spacial score (nSPS) is 10.1. The van der Waals surface area contributed by atoms with Gasteiger partial charge >= 0.3 is 6.09 Å². The standard InChI is InChI=1S/C20H18N4O3/c1-2-27-20(26)24-16-10-8-15(9-11-16)19(25)23-17-12-21-18(22-13-17)14-6-4-3-5-7-14/h3-13H,2H2,1H3,(H,23,25)(H,24,26). The number of anilines is 2. The van der Waals surface area contributed by atoms with Crippen LogP contribution in [0.3, 0.4) is 0 Å². The lowest BCUT2D eigenvalue weighted by molar-refractivity contribution is 0.102. The molecule has 0 fully saturated rings. The maximum atomic E-state index is 12.3. The van der Waals surface area contributed by atoms with Crippen molar-refractivity contribution in [1.82, 2.24) is 9.97 Å². The molecule has 0 radical (unpaired) electrons. The van der Waals surface area contributed by atoms with Crippen molar-refractivity contribution < 1.29 is 14.3 Å². The summed E-state index contributed by atoms with van der Waals surface area (Å²) < 4.78 is 4.80. The number of hydrogen-bond donors (Lipinski definition) is 2. The van der Waals surface area contributed by atoms with Gasteiger partial charge in [-0.3, -0.25) is 10.1 Å². The van der Waals surface area contributed by atoms with Gasteiger partial charge in [0.15, 0.2) is 5.82 Å². The molecule has 0 unspecified atom stereocenters. The molecule has 0 aliphatic rings. The molecule has 1 aromatic heterocycles. The Morgan fingerprint density at radius 1 is 0.889 bits per heavy atom. The summed E-state index contributed by atoms with van der Waals surface area (Å²) in [5, 5.41) is 5.31. The molecule has 2 N–H and O–H groups in total. The molecule has 7 nitrogen and oxygen atoms in total. The number of amides is 2. The molecule has 0 bridgehead atoms. The summed E-state index contributed by atoms with van der Waals surface area (Å²) in [7, 11) is 0. The molecule has 2 amide bonds. The van der Waals surface area contributed by atoms with E-state index in [0.717, 1.165) is 5.56 Å². The molecule has 0 atom stereocenters. The Morgan fingerprint density at radius 3 is 2.19 bits per heavy atom. The van der Waals surface area contributed by atoms with Gasteiger partial charge in [-0.1, -0.05) is 30.3 Å². The van der Waals surface area contributed by atoms with E-state index in [4.69, 9.17) is 4.74 Å². The summed E-state index contributed by atoms with van der Waals surface area (Å²) in [5.74, 6) is 0.289. The summed E-state index contributed by atoms with van der Waals surface area (Å²) in [6.07, 6.45) is 2.58. The molecule has 3 aromatic rings. The van der Waals surface area contributed by atoms with Crippen LogP contribution in [0.15, 0.2) is 67.0 Å². The third-order valence-electron chi connectivity index (χ3n) is 3.61. The van der Waals surface area contributed by atoms with Crippen LogP contribution in [0.1, 0.15) is 17.3 Å². The third-order valence-corrected chi connectivity index (χ3v) is 3.61. The fourth-order valence-electron chi connectivity index (χ4n) is 2.32. The molecule has 0 spiro atoms. The van der Waals surface area contributed by atoms with Crippen molar-refractivity contribution in [3.63, 3.8) is 0 Å². The van der Waals surface area contributed by atoms with E-state index in [1.165, 1.54) is 0 Å². The van der Waals surface area contributed by atoms with Gasteiger partial charge in [-0.2, -0.15) is 0 Å². The first-order chi connectivity index (χ1) is 13.2. The molecule has 136 valence electrons. The summed E-state index contributed by atoms with van der Waals surface area (Å²) >= 11 is 0. The van der Waals surface area contributed by atoms with Gasteiger partial charge in [0.05, 0.1) is 24.7 Å². The molecule has 7 heteroatoms. The highest BCUT2D eigenvalue weighted by atomic mass is 16.5. The smallest absolute Gasteiger partial charge is 0.411 e. The van der Waals surface area contributed by atoms with Crippen molar-refractivity contribution in [1.29, 1.82) is 0 Å². The monoisotopic (exact) mass is 362 g/mol. The van der Waals surface area contributed by atoms with Crippen molar-refractivity contribution in [2.75, 3.05) is 17.2 Å². The topological polar surface area (TPSA) is 93.2 Å². The number of benzene rings is 2. The van der Waals surface area contributed by atoms with E-state index in [2.05, 4.69) is 20.6 Å². The molecule has 1 heterocycles. The van der Waals surface area contributed by atoms with E-state index in [-0.39, 0.29) is 12.5 Å². The minimum Gasteiger partial charge on any atom is -0.450 e. The van der Waals surface area contributed by atoms with Crippen LogP contribution >= 0.6 is 0 Å². The Bertz CT molecular complexity index is 910. The number of hydrogen-bond acceptors (Lipinski definition) is 5. The Balaban J connectivity index is 1.62. The van der Waals surface area contributed by atoms with Crippen molar-refractivity contribution in [2.24, 2.45) is 0 Å². The minimum absolute atomic E-state index is 0.289. The Kier molecular flexibility index (Phi) is 5.73. The van der Waals surface area contributed by atoms with Gasteiger partial charge in [-0.15, -0.1) is 0 Å². The van der Waals surface area contributed by atoms with Gasteiger partial charge in [-0.25, -0.2) is 14.8 Å². The highest BCUT2D eigenvalue weighted by Crippen LogP contribution is 2.16. The van der Waals surface area contributed by atoms with Gasteiger partial charge in [0, 0.05) is 16.8 Å². The quantitative estimate of drug-likeness (QED) is 0.716. The summed E-state index contributed by atoms with van der Waals surface area (Å²) in [6.45, 7) is 2.01. The Labute approximate surface area is 156 Å². The fraction of sp³-hybridized carbons (Fsp3) is 0.100. The number of ether oxygens (including phenoxy) is 1. The highest BCUT2D eigenvalue weighted by molar-refractivity contribution is 6.04. The van der Waals surface area contributed by atoms with Crippen LogP contribution in [0.2, 0.25) is 0 Å². The molecule has 3 rings (SSSR count). The Hall–Kier alpha value is -3.74. The van der Waals surface area contributed by atoms with Crippen LogP contribution in [0.4, 0.5) is 16.2 Å². The SMILES string of the molecule is CCOC(=O)Nc1ccc(C(=O)Nc2cnc(-c3ccccc3)nc2)cc1. The van der Waals surface area contributed by atoms with Crippen molar-refractivity contribution >= 4 is 23.4 Å². The third kappa shape index (κ3) is 4.88. The molecule has 27 heavy (non-hydrogen) atoms. The van der Waals surface area contributed by atoms with Crippen LogP contribution in [0.25, 0.3) is 11.4 Å². The number of carbonyl (C=O) groups is 2. The van der Waals surface area contributed by atoms with Gasteiger partial charge in [0.1, 0.15) is 0 Å². The number of nitrogens with zero attached hydrogens (tertiary/aromatic N) is 2. The summed E-state index contributed by atoms with van der Waals surface area (Å²) in [4.78, 5) is 32.2. The van der Waals surface area contributed by atoms with Gasteiger partial charge < -0.3 is 10.1 Å². The first kappa shape index (κ1) is 18.1. The zero-order valence-corrected chi connectivity index (χ0v) is 14.7. The minimum atomic E-state index is -0.537. The number of rotatable bonds is 5. The van der Waals surface area contributed by atoms with E-state index in [0.29, 0.717) is 22.8 Å². The summed E-state index contributed by atoms with van der Waals surface area (Å²) in [6, 6.07) is 16.0. The zero-order chi connectivity index (χ0) is 19.1. The lowest BCUT2D eigenvalue weighted by atomic mass is 10.2. The van der Waals surface area contributed by atoms with Crippen molar-refractivity contribution in [3.05, 3.63) is 72.6 Å². The molecule has 0 saturated carbocycles. The maximum absolute atomic E-state index is 12.3. The molecule has 0 aliphatic carbocycles. The predicted molar refractivity (Wildman–Crippen MR) is 103 cm³/mol. The van der Waals surface area contributed by atoms with Crippen LogP contribution in [0.5, 0.6) is 0 Å². The van der Waals surface area contributed by atoms with E-state index in [1.54, 1.807) is 43.6 Å². The van der Waals surface area contributed by atoms with E-state index >= 15 is 0 Å². The van der Waals surface area contributed by atoms with E-state index < -0.39 is 6.09 Å². The second-order valence-corrected chi connectivity index (χ2v) is 5.54. The number of aromatic nitrogens is 2. The maximum Gasteiger partial charge on any atom is 0.411 e. The molecule has 2 aromatic carbocycles. The average Bonchev–Trinajstić information content (AvgIpc) is 2.70. The largest absolute Gasteiger partial charge is 0.450 e. The first-order valence-corrected chi connectivity index (χ1v) is 8.38. The van der Waals surface area contributed by atoms with E-state index in [1.807, 2.05) is 30.3 Å². The second kappa shape index (κ2) is 8.57. The predicted octanol–water partition coefficient (Wildman–Crippen LogP) is 3.96. The van der Waals surface area contributed by atoms with Gasteiger partial charge in [0.2, 0.25) is 0 Å². The van der Waals surface area contributed by atoms with Crippen LogP contribution < -0.4 is 10.6 Å². The van der Waals surface area contributed by atoms with Crippen LogP contribution in [-0.4, -0.2) is 28.6 Å². The van der Waals surface area contributed by atoms with Crippen LogP contribution in [-0.2, 0) is 4.74 Å². The number of carbonyl (C=O) groups excluding carboxylic acids is 2. The number of nitrogens with one attached hydrogen (secondary N) is 2. The average molecular weight is 362 g/mol. The van der Waals surface area contributed by atoms with Crippen molar-refractivity contribution in [3.8, 4) is 11.4 Å². The van der Waals surface area contributed by atoms with E-state index in [9.17, 15) is 9.59 Å². The fourth-order valence-corrected chi connectivity index (χ4v) is 2.32. The first-order valence-electron chi connectivity index (χ1n) is 8.38. The molecule has 0 saturated heterocycles.